The summed E-state index contributed by atoms with van der Waals surface area (Å²) in [6, 6.07) is 8.29. The highest BCUT2D eigenvalue weighted by Gasteiger charge is 2.33. The van der Waals surface area contributed by atoms with Crippen LogP contribution in [0.15, 0.2) is 24.3 Å². The topological polar surface area (TPSA) is 78.4 Å². The highest BCUT2D eigenvalue weighted by atomic mass is 32.1. The van der Waals surface area contributed by atoms with Gasteiger partial charge in [0.2, 0.25) is 11.8 Å². The van der Waals surface area contributed by atoms with Gasteiger partial charge in [0.05, 0.1) is 0 Å². The van der Waals surface area contributed by atoms with Gasteiger partial charge < -0.3 is 5.32 Å². The predicted octanol–water partition coefficient (Wildman–Crippen LogP) is 3.99. The molecule has 0 saturated carbocycles. The van der Waals surface area contributed by atoms with Crippen molar-refractivity contribution in [1.29, 1.82) is 0 Å². The van der Waals surface area contributed by atoms with Gasteiger partial charge in [-0.25, -0.2) is 5.48 Å². The Morgan fingerprint density at radius 3 is 2.00 bits per heavy atom. The van der Waals surface area contributed by atoms with Crippen molar-refractivity contribution in [3.8, 4) is 0 Å². The zero-order valence-corrected chi connectivity index (χ0v) is 18.2. The van der Waals surface area contributed by atoms with Crippen LogP contribution in [0.2, 0.25) is 0 Å². The third-order valence-electron chi connectivity index (χ3n) is 4.47. The first-order chi connectivity index (χ1) is 12.2. The minimum Gasteiger partial charge on any atom is -0.352 e. The van der Waals surface area contributed by atoms with Gasteiger partial charge in [0.1, 0.15) is 0 Å². The molecule has 0 radical (unpaired) electrons. The van der Waals surface area contributed by atoms with Crippen molar-refractivity contribution < 1.29 is 14.8 Å². The van der Waals surface area contributed by atoms with Gasteiger partial charge in [-0.2, -0.15) is 12.6 Å². The molecule has 2 amide bonds. The number of thiol groups is 1. The van der Waals surface area contributed by atoms with Crippen molar-refractivity contribution in [3.05, 3.63) is 35.4 Å². The minimum absolute atomic E-state index is 0.0318. The number of nitrogens with one attached hydrogen (secondary N) is 2. The van der Waals surface area contributed by atoms with E-state index in [0.717, 1.165) is 5.56 Å². The second kappa shape index (κ2) is 9.11. The molecule has 1 aromatic rings. The molecule has 0 fully saturated rings. The van der Waals surface area contributed by atoms with Crippen LogP contribution >= 0.6 is 12.6 Å². The molecule has 0 aliphatic heterocycles. The predicted molar refractivity (Wildman–Crippen MR) is 112 cm³/mol. The fourth-order valence-corrected chi connectivity index (χ4v) is 3.93. The van der Waals surface area contributed by atoms with Crippen molar-refractivity contribution >= 4 is 24.4 Å². The van der Waals surface area contributed by atoms with Crippen LogP contribution in [0.25, 0.3) is 0 Å². The lowest BCUT2D eigenvalue weighted by Gasteiger charge is -2.33. The number of amides is 2. The van der Waals surface area contributed by atoms with Gasteiger partial charge >= 0.3 is 0 Å². The average Bonchev–Trinajstić information content (AvgIpc) is 2.50. The number of hydrogen-bond acceptors (Lipinski definition) is 4. The van der Waals surface area contributed by atoms with Gasteiger partial charge in [-0.15, -0.1) is 0 Å². The van der Waals surface area contributed by atoms with Crippen LogP contribution in [0.1, 0.15) is 71.9 Å². The van der Waals surface area contributed by atoms with Gasteiger partial charge in [0.15, 0.2) is 0 Å². The van der Waals surface area contributed by atoms with E-state index in [2.05, 4.69) is 50.8 Å². The number of hydrogen-bond donors (Lipinski definition) is 4. The lowest BCUT2D eigenvalue weighted by Crippen LogP contribution is -2.36. The number of hydroxylamine groups is 1. The molecule has 1 atom stereocenters. The van der Waals surface area contributed by atoms with Crippen molar-refractivity contribution in [3.63, 3.8) is 0 Å². The minimum atomic E-state index is -0.612. The number of carbonyl (C=O) groups is 2. The molecule has 0 heterocycles. The van der Waals surface area contributed by atoms with Crippen molar-refractivity contribution in [2.75, 3.05) is 0 Å². The molecule has 0 bridgehead atoms. The fraction of sp³-hybridized carbons (Fsp3) is 0.619. The summed E-state index contributed by atoms with van der Waals surface area (Å²) >= 11 is 4.53. The third-order valence-corrected chi connectivity index (χ3v) is 4.79. The highest BCUT2D eigenvalue weighted by molar-refractivity contribution is 7.81. The van der Waals surface area contributed by atoms with Crippen LogP contribution in [0.4, 0.5) is 0 Å². The van der Waals surface area contributed by atoms with Gasteiger partial charge in [-0.3, -0.25) is 14.8 Å². The zero-order valence-electron chi connectivity index (χ0n) is 17.3. The van der Waals surface area contributed by atoms with E-state index in [4.69, 9.17) is 5.21 Å². The molecule has 0 aromatic heterocycles. The Morgan fingerprint density at radius 2 is 1.52 bits per heavy atom. The van der Waals surface area contributed by atoms with Gasteiger partial charge in [-0.1, -0.05) is 65.8 Å². The number of carbonyl (C=O) groups excluding carboxylic acids is 2. The normalized spacial score (nSPS) is 14.4. The van der Waals surface area contributed by atoms with Crippen LogP contribution in [0.5, 0.6) is 0 Å². The van der Waals surface area contributed by atoms with Gasteiger partial charge in [0.25, 0.3) is 0 Å². The Hall–Kier alpha value is -1.53. The van der Waals surface area contributed by atoms with E-state index in [1.165, 1.54) is 5.56 Å². The highest BCUT2D eigenvalue weighted by Crippen LogP contribution is 2.36. The maximum absolute atomic E-state index is 12.4. The molecule has 152 valence electrons. The molecule has 0 aliphatic carbocycles. The summed E-state index contributed by atoms with van der Waals surface area (Å²) in [5.41, 5.74) is 3.74. The lowest BCUT2D eigenvalue weighted by atomic mass is 9.79. The molecule has 0 spiro atoms. The van der Waals surface area contributed by atoms with Crippen LogP contribution < -0.4 is 10.8 Å². The monoisotopic (exact) mass is 394 g/mol. The Labute approximate surface area is 168 Å². The van der Waals surface area contributed by atoms with Crippen LogP contribution in [-0.2, 0) is 21.5 Å². The summed E-state index contributed by atoms with van der Waals surface area (Å²) in [6.07, 6.45) is 0.978. The Bertz CT molecular complexity index is 646. The molecule has 0 aliphatic rings. The molecule has 5 nitrogen and oxygen atoms in total. The average molecular weight is 395 g/mol. The van der Waals surface area contributed by atoms with Crippen LogP contribution in [-0.4, -0.2) is 21.8 Å². The van der Waals surface area contributed by atoms with Crippen LogP contribution in [0, 0.1) is 5.41 Å². The second-order valence-corrected chi connectivity index (χ2v) is 10.5. The molecule has 1 unspecified atom stereocenters. The zero-order chi connectivity index (χ0) is 20.9. The number of benzene rings is 1. The first-order valence-electron chi connectivity index (χ1n) is 9.26. The maximum atomic E-state index is 12.4. The second-order valence-electron chi connectivity index (χ2n) is 9.45. The molecule has 3 N–H and O–H groups in total. The summed E-state index contributed by atoms with van der Waals surface area (Å²) < 4.78 is -0.612. The fourth-order valence-electron chi connectivity index (χ4n) is 3.36. The lowest BCUT2D eigenvalue weighted by molar-refractivity contribution is -0.129. The van der Waals surface area contributed by atoms with E-state index < -0.39 is 10.7 Å². The largest absolute Gasteiger partial charge is 0.352 e. The van der Waals surface area contributed by atoms with Gasteiger partial charge in [-0.05, 0) is 28.4 Å². The van der Waals surface area contributed by atoms with Crippen molar-refractivity contribution in [2.24, 2.45) is 5.41 Å². The summed E-state index contributed by atoms with van der Waals surface area (Å²) in [5.74, 6) is -0.512. The molecule has 1 rings (SSSR count). The number of rotatable bonds is 8. The molecule has 6 heteroatoms. The standard InChI is InChI=1S/C21H34N2O3S/c1-19(2,3)16-9-7-15(8-10-16)13-22-17(24)11-20(4,5)14-21(6,27)12-18(25)23-26/h7-10,26-27H,11-14H2,1-6H3,(H,22,24)(H,23,25). The van der Waals surface area contributed by atoms with E-state index in [1.54, 1.807) is 5.48 Å². The SMILES string of the molecule is CC(C)(CC(=O)NCc1ccc(C(C)(C)C)cc1)CC(C)(S)CC(=O)NO. The quantitative estimate of drug-likeness (QED) is 0.306. The Balaban J connectivity index is 2.56. The molecule has 1 aromatic carbocycles. The summed E-state index contributed by atoms with van der Waals surface area (Å²) in [5, 5.41) is 11.7. The first-order valence-corrected chi connectivity index (χ1v) is 9.70. The van der Waals surface area contributed by atoms with Crippen molar-refractivity contribution in [1.82, 2.24) is 10.8 Å². The third kappa shape index (κ3) is 8.80. The van der Waals surface area contributed by atoms with E-state index in [0.29, 0.717) is 19.4 Å². The summed E-state index contributed by atoms with van der Waals surface area (Å²) in [7, 11) is 0. The van der Waals surface area contributed by atoms with E-state index in [1.807, 2.05) is 32.9 Å². The molecule has 0 saturated heterocycles. The van der Waals surface area contributed by atoms with E-state index in [-0.39, 0.29) is 23.2 Å². The molecular formula is C21H34N2O3S. The van der Waals surface area contributed by atoms with Crippen molar-refractivity contribution in [2.45, 2.75) is 77.5 Å². The molecule has 27 heavy (non-hydrogen) atoms. The smallest absolute Gasteiger partial charge is 0.244 e. The van der Waals surface area contributed by atoms with Crippen LogP contribution in [0.3, 0.4) is 0 Å². The summed E-state index contributed by atoms with van der Waals surface area (Å²) in [6.45, 7) is 12.8. The van der Waals surface area contributed by atoms with Gasteiger partial charge in [0, 0.05) is 24.1 Å². The molecular weight excluding hydrogens is 360 g/mol. The first kappa shape index (κ1) is 23.5. The van der Waals surface area contributed by atoms with E-state index in [9.17, 15) is 9.59 Å². The Morgan fingerprint density at radius 1 is 0.963 bits per heavy atom. The van der Waals surface area contributed by atoms with E-state index >= 15 is 0 Å². The maximum Gasteiger partial charge on any atom is 0.244 e. The Kier molecular flexibility index (Phi) is 7.93. The summed E-state index contributed by atoms with van der Waals surface area (Å²) in [4.78, 5) is 23.8.